The molecule has 2 N–H and O–H groups in total. The minimum absolute atomic E-state index is 0.130. The van der Waals surface area contributed by atoms with E-state index in [1.165, 1.54) is 12.4 Å². The molecule has 0 radical (unpaired) electrons. The topological polar surface area (TPSA) is 110 Å². The SMILES string of the molecule is Cc1ccc(Sc2ncnc(NNC(=O)c3ccccc3Cl)c2[N+](=O)[O-])cc1. The number of carbonyl (C=O) groups excluding carboxylic acids is 1. The van der Waals surface area contributed by atoms with Gasteiger partial charge in [-0.15, -0.1) is 0 Å². The number of hydrogen-bond donors (Lipinski definition) is 2. The van der Waals surface area contributed by atoms with Crippen LogP contribution in [0.2, 0.25) is 5.02 Å². The first-order valence-corrected chi connectivity index (χ1v) is 9.20. The van der Waals surface area contributed by atoms with E-state index in [1.807, 2.05) is 31.2 Å². The molecule has 0 saturated carbocycles. The highest BCUT2D eigenvalue weighted by atomic mass is 35.5. The number of amides is 1. The molecule has 0 atom stereocenters. The van der Waals surface area contributed by atoms with Gasteiger partial charge in [0.05, 0.1) is 15.5 Å². The molecular weight excluding hydrogens is 402 g/mol. The van der Waals surface area contributed by atoms with Crippen LogP contribution in [-0.4, -0.2) is 20.8 Å². The molecule has 28 heavy (non-hydrogen) atoms. The normalized spacial score (nSPS) is 10.4. The van der Waals surface area contributed by atoms with E-state index in [-0.39, 0.29) is 27.1 Å². The van der Waals surface area contributed by atoms with Crippen LogP contribution in [0.3, 0.4) is 0 Å². The van der Waals surface area contributed by atoms with Gasteiger partial charge in [0.1, 0.15) is 6.33 Å². The van der Waals surface area contributed by atoms with Crippen molar-refractivity contribution in [2.24, 2.45) is 0 Å². The highest BCUT2D eigenvalue weighted by Crippen LogP contribution is 2.36. The minimum atomic E-state index is -0.597. The zero-order valence-corrected chi connectivity index (χ0v) is 16.1. The summed E-state index contributed by atoms with van der Waals surface area (Å²) >= 11 is 7.12. The first-order chi connectivity index (χ1) is 13.5. The fourth-order valence-electron chi connectivity index (χ4n) is 2.24. The summed E-state index contributed by atoms with van der Waals surface area (Å²) in [5, 5.41) is 12.0. The van der Waals surface area contributed by atoms with E-state index in [2.05, 4.69) is 20.8 Å². The molecule has 0 spiro atoms. The van der Waals surface area contributed by atoms with E-state index in [0.29, 0.717) is 0 Å². The Labute approximate surface area is 169 Å². The van der Waals surface area contributed by atoms with Crippen LogP contribution in [0.1, 0.15) is 15.9 Å². The van der Waals surface area contributed by atoms with E-state index in [4.69, 9.17) is 11.6 Å². The molecule has 1 aromatic heterocycles. The lowest BCUT2D eigenvalue weighted by atomic mass is 10.2. The molecule has 0 saturated heterocycles. The Hall–Kier alpha value is -3.17. The van der Waals surface area contributed by atoms with E-state index >= 15 is 0 Å². The number of nitro groups is 1. The summed E-state index contributed by atoms with van der Waals surface area (Å²) in [7, 11) is 0. The number of nitrogens with one attached hydrogen (secondary N) is 2. The lowest BCUT2D eigenvalue weighted by Crippen LogP contribution is -2.30. The van der Waals surface area contributed by atoms with E-state index < -0.39 is 10.8 Å². The van der Waals surface area contributed by atoms with Crippen LogP contribution in [0.25, 0.3) is 0 Å². The third-order valence-corrected chi connectivity index (χ3v) is 4.95. The first kappa shape index (κ1) is 19.6. The fourth-order valence-corrected chi connectivity index (χ4v) is 3.32. The number of aryl methyl sites for hydroxylation is 1. The molecule has 0 aliphatic heterocycles. The zero-order valence-electron chi connectivity index (χ0n) is 14.5. The molecule has 0 aliphatic rings. The van der Waals surface area contributed by atoms with E-state index in [9.17, 15) is 14.9 Å². The average Bonchev–Trinajstić information content (AvgIpc) is 2.68. The van der Waals surface area contributed by atoms with Gasteiger partial charge in [-0.05, 0) is 31.2 Å². The summed E-state index contributed by atoms with van der Waals surface area (Å²) in [5.41, 5.74) is 5.82. The van der Waals surface area contributed by atoms with Gasteiger partial charge in [0.2, 0.25) is 5.82 Å². The molecule has 10 heteroatoms. The summed E-state index contributed by atoms with van der Waals surface area (Å²) in [5.74, 6) is -0.679. The molecule has 142 valence electrons. The lowest BCUT2D eigenvalue weighted by Gasteiger charge is -2.10. The van der Waals surface area contributed by atoms with Gasteiger partial charge in [0, 0.05) is 4.90 Å². The van der Waals surface area contributed by atoms with Crippen LogP contribution in [-0.2, 0) is 0 Å². The molecule has 0 fully saturated rings. The number of hydrazine groups is 1. The monoisotopic (exact) mass is 415 g/mol. The van der Waals surface area contributed by atoms with Crippen molar-refractivity contribution in [3.05, 3.63) is 81.1 Å². The standard InChI is InChI=1S/C18H14ClN5O3S/c1-11-6-8-12(9-7-11)28-18-15(24(26)27)16(20-10-21-18)22-23-17(25)13-4-2-3-5-14(13)19/h2-10H,1H3,(H,23,25)(H,20,21,22). The number of nitrogens with zero attached hydrogens (tertiary/aromatic N) is 3. The van der Waals surface area contributed by atoms with Gasteiger partial charge < -0.3 is 0 Å². The highest BCUT2D eigenvalue weighted by molar-refractivity contribution is 7.99. The maximum atomic E-state index is 12.3. The van der Waals surface area contributed by atoms with Crippen LogP contribution >= 0.6 is 23.4 Å². The van der Waals surface area contributed by atoms with Crippen LogP contribution in [0.5, 0.6) is 0 Å². The quantitative estimate of drug-likeness (QED) is 0.351. The van der Waals surface area contributed by atoms with E-state index in [1.54, 1.807) is 18.2 Å². The van der Waals surface area contributed by atoms with Crippen molar-refractivity contribution in [2.45, 2.75) is 16.8 Å². The summed E-state index contributed by atoms with van der Waals surface area (Å²) in [4.78, 5) is 31.9. The predicted molar refractivity (Wildman–Crippen MR) is 107 cm³/mol. The third-order valence-electron chi connectivity index (χ3n) is 3.62. The van der Waals surface area contributed by atoms with Crippen molar-refractivity contribution in [3.63, 3.8) is 0 Å². The molecule has 3 aromatic rings. The van der Waals surface area contributed by atoms with Gasteiger partial charge in [-0.2, -0.15) is 0 Å². The first-order valence-electron chi connectivity index (χ1n) is 8.00. The average molecular weight is 416 g/mol. The Morgan fingerprint density at radius 3 is 2.54 bits per heavy atom. The number of benzene rings is 2. The Morgan fingerprint density at radius 2 is 1.86 bits per heavy atom. The zero-order chi connectivity index (χ0) is 20.1. The van der Waals surface area contributed by atoms with Crippen molar-refractivity contribution in [2.75, 3.05) is 5.43 Å². The number of rotatable bonds is 6. The van der Waals surface area contributed by atoms with Crippen molar-refractivity contribution in [3.8, 4) is 0 Å². The van der Waals surface area contributed by atoms with Gasteiger partial charge in [0.25, 0.3) is 5.91 Å². The van der Waals surface area contributed by atoms with Crippen LogP contribution in [0, 0.1) is 17.0 Å². The minimum Gasteiger partial charge on any atom is -0.276 e. The molecule has 3 rings (SSSR count). The fraction of sp³-hybridized carbons (Fsp3) is 0.0556. The third kappa shape index (κ3) is 4.56. The summed E-state index contributed by atoms with van der Waals surface area (Å²) in [6.45, 7) is 1.95. The second-order valence-electron chi connectivity index (χ2n) is 5.61. The molecule has 0 aliphatic carbocycles. The molecular formula is C18H14ClN5O3S. The van der Waals surface area contributed by atoms with Crippen LogP contribution < -0.4 is 10.9 Å². The van der Waals surface area contributed by atoms with Crippen molar-refractivity contribution >= 4 is 40.8 Å². The Balaban J connectivity index is 1.83. The number of anilines is 1. The molecule has 1 heterocycles. The van der Waals surface area contributed by atoms with Gasteiger partial charge >= 0.3 is 5.69 Å². The maximum Gasteiger partial charge on any atom is 0.345 e. The van der Waals surface area contributed by atoms with Gasteiger partial charge in [-0.3, -0.25) is 25.8 Å². The van der Waals surface area contributed by atoms with E-state index in [0.717, 1.165) is 22.2 Å². The van der Waals surface area contributed by atoms with Gasteiger partial charge in [-0.1, -0.05) is 53.2 Å². The van der Waals surface area contributed by atoms with Crippen molar-refractivity contribution in [1.82, 2.24) is 15.4 Å². The van der Waals surface area contributed by atoms with Gasteiger partial charge in [0.15, 0.2) is 5.03 Å². The van der Waals surface area contributed by atoms with Gasteiger partial charge in [-0.25, -0.2) is 9.97 Å². The molecule has 1 amide bonds. The maximum absolute atomic E-state index is 12.3. The van der Waals surface area contributed by atoms with Crippen LogP contribution in [0.4, 0.5) is 11.5 Å². The summed E-state index contributed by atoms with van der Waals surface area (Å²) in [6, 6.07) is 13.9. The van der Waals surface area contributed by atoms with Crippen molar-refractivity contribution < 1.29 is 9.72 Å². The second kappa shape index (κ2) is 8.68. The van der Waals surface area contributed by atoms with Crippen molar-refractivity contribution in [1.29, 1.82) is 0 Å². The Bertz CT molecular complexity index is 1030. The smallest absolute Gasteiger partial charge is 0.276 e. The number of halogens is 1. The predicted octanol–water partition coefficient (Wildman–Crippen LogP) is 4.25. The highest BCUT2D eigenvalue weighted by Gasteiger charge is 2.24. The molecule has 0 unspecified atom stereocenters. The lowest BCUT2D eigenvalue weighted by molar-refractivity contribution is -0.387. The largest absolute Gasteiger partial charge is 0.345 e. The molecule has 2 aromatic carbocycles. The molecule has 0 bridgehead atoms. The second-order valence-corrected chi connectivity index (χ2v) is 7.08. The molecule has 8 nitrogen and oxygen atoms in total. The Kier molecular flexibility index (Phi) is 6.07. The summed E-state index contributed by atoms with van der Waals surface area (Å²) < 4.78 is 0. The Morgan fingerprint density at radius 1 is 1.14 bits per heavy atom. The summed E-state index contributed by atoms with van der Waals surface area (Å²) in [6.07, 6.45) is 1.19. The number of hydrogen-bond acceptors (Lipinski definition) is 7. The number of aromatic nitrogens is 2. The number of carbonyl (C=O) groups is 1. The van der Waals surface area contributed by atoms with Crippen LogP contribution in [0.15, 0.2) is 64.8 Å².